The third kappa shape index (κ3) is 29.6. The Labute approximate surface area is 257 Å². The molecule has 0 atom stereocenters. The Morgan fingerprint density at radius 2 is 0.610 bits per heavy atom. The molecule has 0 saturated heterocycles. The van der Waals surface area contributed by atoms with E-state index in [1.54, 1.807) is 0 Å². The van der Waals surface area contributed by atoms with E-state index in [-0.39, 0.29) is 13.2 Å². The Balaban J connectivity index is 3.75. The number of aliphatic hydroxyl groups excluding tert-OH is 2. The molecule has 2 N–H and O–H groups in total. The summed E-state index contributed by atoms with van der Waals surface area (Å²) >= 11 is 0. The van der Waals surface area contributed by atoms with Crippen molar-refractivity contribution >= 4 is 0 Å². The zero-order valence-corrected chi connectivity index (χ0v) is 28.2. The van der Waals surface area contributed by atoms with Crippen molar-refractivity contribution in [3.63, 3.8) is 0 Å². The van der Waals surface area contributed by atoms with Crippen LogP contribution in [0.3, 0.4) is 0 Å². The molecule has 0 aromatic carbocycles. The van der Waals surface area contributed by atoms with E-state index in [1.165, 1.54) is 141 Å². The lowest BCUT2D eigenvalue weighted by Crippen LogP contribution is -2.55. The average Bonchev–Trinajstić information content (AvgIpc) is 2.97. The van der Waals surface area contributed by atoms with E-state index < -0.39 is 0 Å². The smallest absolute Gasteiger partial charge is 0.103 e. The molecule has 0 aliphatic carbocycles. The molecule has 0 heterocycles. The van der Waals surface area contributed by atoms with Gasteiger partial charge in [0.25, 0.3) is 0 Å². The van der Waals surface area contributed by atoms with Gasteiger partial charge in [0.1, 0.15) is 26.2 Å². The van der Waals surface area contributed by atoms with Gasteiger partial charge >= 0.3 is 0 Å². The molecule has 0 aromatic rings. The van der Waals surface area contributed by atoms with Gasteiger partial charge in [-0.3, -0.25) is 0 Å². The summed E-state index contributed by atoms with van der Waals surface area (Å²) in [5.41, 5.74) is 0. The van der Waals surface area contributed by atoms with E-state index in [9.17, 15) is 10.2 Å². The van der Waals surface area contributed by atoms with Crippen LogP contribution in [0.2, 0.25) is 0 Å². The molecular weight excluding hydrogens is 510 g/mol. The SMILES string of the molecule is CCCCCCCCCCCCCCOCC[N+](CCO)(CCO)CCOCCCCCCCCCCCCCC. The Hall–Kier alpha value is -0.200. The van der Waals surface area contributed by atoms with Crippen molar-refractivity contribution in [1.29, 1.82) is 0 Å². The second-order valence-electron chi connectivity index (χ2n) is 12.7. The highest BCUT2D eigenvalue weighted by molar-refractivity contribution is 4.51. The van der Waals surface area contributed by atoms with E-state index in [1.807, 2.05) is 0 Å². The fraction of sp³-hybridized carbons (Fsp3) is 1.00. The monoisotopic (exact) mass is 587 g/mol. The maximum absolute atomic E-state index is 9.70. The van der Waals surface area contributed by atoms with Crippen LogP contribution in [0.1, 0.15) is 168 Å². The van der Waals surface area contributed by atoms with E-state index in [4.69, 9.17) is 9.47 Å². The molecule has 0 saturated carbocycles. The van der Waals surface area contributed by atoms with Gasteiger partial charge in [-0.2, -0.15) is 0 Å². The topological polar surface area (TPSA) is 58.9 Å². The standard InChI is InChI=1S/C36H76NO4/c1-3-5-7-9-11-13-15-17-19-21-23-25-33-40-35-29-37(27-31-38,28-32-39)30-36-41-34-26-24-22-20-18-16-14-12-10-8-6-4-2/h38-39H,3-36H2,1-2H3/q+1. The van der Waals surface area contributed by atoms with Crippen LogP contribution in [0.5, 0.6) is 0 Å². The minimum atomic E-state index is 0.136. The first-order valence-corrected chi connectivity index (χ1v) is 18.5. The summed E-state index contributed by atoms with van der Waals surface area (Å²) in [5.74, 6) is 0. The zero-order chi connectivity index (χ0) is 30.0. The molecule has 0 bridgehead atoms. The lowest BCUT2D eigenvalue weighted by Gasteiger charge is -2.37. The van der Waals surface area contributed by atoms with Crippen LogP contribution >= 0.6 is 0 Å². The summed E-state index contributed by atoms with van der Waals surface area (Å²) in [6.07, 6.45) is 32.6. The van der Waals surface area contributed by atoms with E-state index in [2.05, 4.69) is 13.8 Å². The van der Waals surface area contributed by atoms with Crippen molar-refractivity contribution in [2.24, 2.45) is 0 Å². The third-order valence-electron chi connectivity index (χ3n) is 8.85. The van der Waals surface area contributed by atoms with Gasteiger partial charge < -0.3 is 24.2 Å². The highest BCUT2D eigenvalue weighted by atomic mass is 16.5. The summed E-state index contributed by atoms with van der Waals surface area (Å²) in [6, 6.07) is 0. The lowest BCUT2D eigenvalue weighted by atomic mass is 10.1. The highest BCUT2D eigenvalue weighted by Gasteiger charge is 2.26. The molecule has 0 aliphatic rings. The number of quaternary nitrogens is 1. The molecule has 5 nitrogen and oxygen atoms in total. The van der Waals surface area contributed by atoms with Gasteiger partial charge in [0.2, 0.25) is 0 Å². The van der Waals surface area contributed by atoms with Gasteiger partial charge in [-0.15, -0.1) is 0 Å². The van der Waals surface area contributed by atoms with Crippen LogP contribution in [0.15, 0.2) is 0 Å². The van der Waals surface area contributed by atoms with Crippen LogP contribution in [-0.2, 0) is 9.47 Å². The Morgan fingerprint density at radius 3 is 0.878 bits per heavy atom. The molecule has 0 spiro atoms. The van der Waals surface area contributed by atoms with Crippen molar-refractivity contribution in [3.05, 3.63) is 0 Å². The number of hydrogen-bond acceptors (Lipinski definition) is 4. The van der Waals surface area contributed by atoms with Gasteiger partial charge in [0.05, 0.1) is 26.4 Å². The number of rotatable bonds is 36. The molecule has 248 valence electrons. The first-order valence-electron chi connectivity index (χ1n) is 18.5. The summed E-state index contributed by atoms with van der Waals surface area (Å²) < 4.78 is 12.6. The van der Waals surface area contributed by atoms with Gasteiger partial charge in [-0.25, -0.2) is 0 Å². The predicted octanol–water partition coefficient (Wildman–Crippen LogP) is 9.22. The van der Waals surface area contributed by atoms with Crippen LogP contribution < -0.4 is 0 Å². The number of aliphatic hydroxyl groups is 2. The molecule has 0 amide bonds. The number of hydrogen-bond donors (Lipinski definition) is 2. The summed E-state index contributed by atoms with van der Waals surface area (Å²) in [6.45, 7) is 10.9. The van der Waals surface area contributed by atoms with Crippen LogP contribution in [-0.4, -0.2) is 80.5 Å². The third-order valence-corrected chi connectivity index (χ3v) is 8.85. The number of nitrogens with zero attached hydrogens (tertiary/aromatic N) is 1. The molecule has 5 heteroatoms. The van der Waals surface area contributed by atoms with E-state index in [0.717, 1.165) is 39.1 Å². The summed E-state index contributed by atoms with van der Waals surface area (Å²) in [7, 11) is 0. The van der Waals surface area contributed by atoms with Crippen molar-refractivity contribution in [1.82, 2.24) is 0 Å². The largest absolute Gasteiger partial charge is 0.391 e. The minimum Gasteiger partial charge on any atom is -0.391 e. The second kappa shape index (κ2) is 34.3. The molecule has 0 aliphatic heterocycles. The van der Waals surface area contributed by atoms with Gasteiger partial charge in [0.15, 0.2) is 0 Å². The van der Waals surface area contributed by atoms with Crippen LogP contribution in [0, 0.1) is 0 Å². The molecular formula is C36H76NO4+. The molecule has 0 unspecified atom stereocenters. The van der Waals surface area contributed by atoms with Crippen molar-refractivity contribution in [3.8, 4) is 0 Å². The number of unbranched alkanes of at least 4 members (excludes halogenated alkanes) is 22. The summed E-state index contributed by atoms with van der Waals surface area (Å²) in [5, 5.41) is 19.4. The predicted molar refractivity (Wildman–Crippen MR) is 178 cm³/mol. The quantitative estimate of drug-likeness (QED) is 0.0567. The Morgan fingerprint density at radius 1 is 0.341 bits per heavy atom. The fourth-order valence-corrected chi connectivity index (χ4v) is 5.91. The first kappa shape index (κ1) is 40.8. The zero-order valence-electron chi connectivity index (χ0n) is 28.2. The fourth-order valence-electron chi connectivity index (χ4n) is 5.91. The van der Waals surface area contributed by atoms with Gasteiger partial charge in [-0.1, -0.05) is 155 Å². The van der Waals surface area contributed by atoms with E-state index >= 15 is 0 Å². The second-order valence-corrected chi connectivity index (χ2v) is 12.7. The normalized spacial score (nSPS) is 12.0. The van der Waals surface area contributed by atoms with Gasteiger partial charge in [-0.05, 0) is 12.8 Å². The van der Waals surface area contributed by atoms with Crippen molar-refractivity contribution in [2.75, 3.05) is 65.8 Å². The van der Waals surface area contributed by atoms with Crippen molar-refractivity contribution in [2.45, 2.75) is 168 Å². The number of ether oxygens (including phenoxy) is 2. The molecule has 0 radical (unpaired) electrons. The lowest BCUT2D eigenvalue weighted by molar-refractivity contribution is -0.929. The maximum Gasteiger partial charge on any atom is 0.103 e. The summed E-state index contributed by atoms with van der Waals surface area (Å²) in [4.78, 5) is 0. The first-order chi connectivity index (χ1) is 20.2. The van der Waals surface area contributed by atoms with Gasteiger partial charge in [0, 0.05) is 13.2 Å². The molecule has 0 aromatic heterocycles. The van der Waals surface area contributed by atoms with Crippen molar-refractivity contribution < 1.29 is 24.2 Å². The molecule has 0 fully saturated rings. The highest BCUT2D eigenvalue weighted by Crippen LogP contribution is 2.14. The molecule has 41 heavy (non-hydrogen) atoms. The van der Waals surface area contributed by atoms with E-state index in [0.29, 0.717) is 30.8 Å². The minimum absolute atomic E-state index is 0.136. The van der Waals surface area contributed by atoms with Crippen LogP contribution in [0.4, 0.5) is 0 Å². The van der Waals surface area contributed by atoms with Crippen LogP contribution in [0.25, 0.3) is 0 Å². The maximum atomic E-state index is 9.70. The Kier molecular flexibility index (Phi) is 34.1. The average molecular weight is 587 g/mol. The molecule has 0 rings (SSSR count). The Bertz CT molecular complexity index is 434.